The predicted molar refractivity (Wildman–Crippen MR) is 125 cm³/mol. The summed E-state index contributed by atoms with van der Waals surface area (Å²) in [5.41, 5.74) is 1.69. The van der Waals surface area contributed by atoms with Gasteiger partial charge >= 0.3 is 0 Å². The zero-order valence-corrected chi connectivity index (χ0v) is 19.8. The summed E-state index contributed by atoms with van der Waals surface area (Å²) in [6.45, 7) is 0. The summed E-state index contributed by atoms with van der Waals surface area (Å²) in [4.78, 5) is 29.9. The topological polar surface area (TPSA) is 69.3 Å². The molecule has 1 aliphatic rings. The fourth-order valence-electron chi connectivity index (χ4n) is 3.73. The van der Waals surface area contributed by atoms with Crippen molar-refractivity contribution in [3.8, 4) is 0 Å². The number of hydrogen-bond acceptors (Lipinski definition) is 5. The molecule has 1 atom stereocenters. The van der Waals surface area contributed by atoms with E-state index < -0.39 is 17.9 Å². The van der Waals surface area contributed by atoms with Crippen molar-refractivity contribution in [2.24, 2.45) is 0 Å². The van der Waals surface area contributed by atoms with Gasteiger partial charge in [-0.1, -0.05) is 46.9 Å². The highest BCUT2D eigenvalue weighted by Crippen LogP contribution is 2.47. The number of nitrogens with zero attached hydrogens (tertiary/aromatic N) is 3. The van der Waals surface area contributed by atoms with Crippen LogP contribution in [-0.4, -0.2) is 47.3 Å². The predicted octanol–water partition coefficient (Wildman–Crippen LogP) is 5.54. The van der Waals surface area contributed by atoms with Gasteiger partial charge in [-0.05, 0) is 30.5 Å². The van der Waals surface area contributed by atoms with Crippen LogP contribution in [-0.2, 0) is 0 Å². The Balaban J connectivity index is 2.03. The molecule has 1 N–H and O–H groups in total. The number of aromatic amines is 1. The first kappa shape index (κ1) is 22.0. The molecule has 2 amide bonds. The Morgan fingerprint density at radius 1 is 1.00 bits per heavy atom. The second kappa shape index (κ2) is 8.39. The molecule has 0 saturated heterocycles. The molecule has 4 rings (SSSR count). The lowest BCUT2D eigenvalue weighted by Gasteiger charge is -2.30. The highest BCUT2D eigenvalue weighted by molar-refractivity contribution is 7.98. The van der Waals surface area contributed by atoms with Crippen molar-refractivity contribution in [2.75, 3.05) is 25.3 Å². The van der Waals surface area contributed by atoms with Gasteiger partial charge in [0.1, 0.15) is 10.8 Å². The molecule has 0 aliphatic carbocycles. The van der Waals surface area contributed by atoms with Crippen LogP contribution in [0.3, 0.4) is 0 Å². The van der Waals surface area contributed by atoms with E-state index in [4.69, 9.17) is 34.8 Å². The minimum atomic E-state index is -0.914. The molecule has 31 heavy (non-hydrogen) atoms. The number of nitrogens with one attached hydrogen (secondary N) is 1. The van der Waals surface area contributed by atoms with E-state index in [0.717, 1.165) is 0 Å². The number of imide groups is 1. The van der Waals surface area contributed by atoms with E-state index in [2.05, 4.69) is 10.2 Å². The van der Waals surface area contributed by atoms with Crippen molar-refractivity contribution in [3.05, 3.63) is 73.7 Å². The van der Waals surface area contributed by atoms with Crippen LogP contribution >= 0.6 is 46.6 Å². The summed E-state index contributed by atoms with van der Waals surface area (Å²) in [5.74, 6) is -0.218. The Labute approximate surface area is 198 Å². The molecule has 1 unspecified atom stereocenters. The number of carbonyl (C=O) groups excluding carboxylic acids is 2. The van der Waals surface area contributed by atoms with Crippen molar-refractivity contribution >= 4 is 64.2 Å². The molecule has 1 aliphatic heterocycles. The van der Waals surface area contributed by atoms with Gasteiger partial charge in [0, 0.05) is 34.7 Å². The maximum atomic E-state index is 13.4. The van der Waals surface area contributed by atoms with Crippen LogP contribution in [0.2, 0.25) is 15.1 Å². The number of carbonyl (C=O) groups is 2. The highest BCUT2D eigenvalue weighted by atomic mass is 35.5. The summed E-state index contributed by atoms with van der Waals surface area (Å²) >= 11 is 20.7. The normalized spacial score (nSPS) is 14.2. The van der Waals surface area contributed by atoms with Gasteiger partial charge in [-0.15, -0.1) is 11.8 Å². The van der Waals surface area contributed by atoms with Crippen molar-refractivity contribution < 1.29 is 9.59 Å². The minimum Gasteiger partial charge on any atom is -0.363 e. The molecule has 2 heterocycles. The van der Waals surface area contributed by atoms with Gasteiger partial charge in [0.2, 0.25) is 0 Å². The van der Waals surface area contributed by atoms with Gasteiger partial charge < -0.3 is 4.90 Å². The molecule has 2 aromatic carbocycles. The third-order valence-electron chi connectivity index (χ3n) is 5.06. The number of halogens is 3. The second-order valence-corrected chi connectivity index (χ2v) is 9.15. The van der Waals surface area contributed by atoms with Gasteiger partial charge in [0.15, 0.2) is 0 Å². The average Bonchev–Trinajstić information content (AvgIpc) is 3.25. The van der Waals surface area contributed by atoms with Gasteiger partial charge in [-0.3, -0.25) is 19.6 Å². The van der Waals surface area contributed by atoms with Crippen LogP contribution < -0.4 is 4.90 Å². The van der Waals surface area contributed by atoms with Crippen molar-refractivity contribution in [1.29, 1.82) is 0 Å². The molecule has 0 radical (unpaired) electrons. The number of anilines is 1. The third-order valence-corrected chi connectivity index (χ3v) is 6.61. The maximum absolute atomic E-state index is 13.4. The number of H-pyrrole nitrogens is 1. The number of rotatable bonds is 5. The molecule has 0 bridgehead atoms. The van der Waals surface area contributed by atoms with Gasteiger partial charge in [-0.25, -0.2) is 0 Å². The maximum Gasteiger partial charge on any atom is 0.262 e. The van der Waals surface area contributed by atoms with Crippen molar-refractivity contribution in [1.82, 2.24) is 15.1 Å². The molecule has 3 aromatic rings. The quantitative estimate of drug-likeness (QED) is 0.371. The van der Waals surface area contributed by atoms with Crippen LogP contribution in [0.4, 0.5) is 5.82 Å². The van der Waals surface area contributed by atoms with E-state index >= 15 is 0 Å². The van der Waals surface area contributed by atoms with Crippen LogP contribution in [0.15, 0.2) is 41.4 Å². The van der Waals surface area contributed by atoms with Gasteiger partial charge in [0.25, 0.3) is 11.8 Å². The van der Waals surface area contributed by atoms with Gasteiger partial charge in [-0.2, -0.15) is 5.10 Å². The number of aromatic nitrogens is 2. The van der Waals surface area contributed by atoms with E-state index in [0.29, 0.717) is 38.1 Å². The van der Waals surface area contributed by atoms with E-state index in [1.165, 1.54) is 16.7 Å². The van der Waals surface area contributed by atoms with Crippen LogP contribution in [0.5, 0.6) is 0 Å². The van der Waals surface area contributed by atoms with Crippen molar-refractivity contribution in [3.63, 3.8) is 0 Å². The molecule has 0 saturated carbocycles. The average molecular weight is 496 g/mol. The molecule has 160 valence electrons. The number of benzene rings is 2. The fraction of sp³-hybridized carbons (Fsp3) is 0.190. The van der Waals surface area contributed by atoms with E-state index in [-0.39, 0.29) is 10.0 Å². The lowest BCUT2D eigenvalue weighted by atomic mass is 9.98. The summed E-state index contributed by atoms with van der Waals surface area (Å²) in [5, 5.41) is 8.84. The number of hydrogen-bond donors (Lipinski definition) is 1. The summed E-state index contributed by atoms with van der Waals surface area (Å²) < 4.78 is 0. The van der Waals surface area contributed by atoms with E-state index in [1.54, 1.807) is 36.4 Å². The van der Waals surface area contributed by atoms with Crippen molar-refractivity contribution in [2.45, 2.75) is 11.1 Å². The van der Waals surface area contributed by atoms with Gasteiger partial charge in [0.05, 0.1) is 22.7 Å². The molecule has 6 nitrogen and oxygen atoms in total. The first-order chi connectivity index (χ1) is 14.8. The Kier molecular flexibility index (Phi) is 5.96. The number of amides is 2. The largest absolute Gasteiger partial charge is 0.363 e. The van der Waals surface area contributed by atoms with E-state index in [1.807, 2.05) is 25.3 Å². The molecular weight excluding hydrogens is 479 g/mol. The lowest BCUT2D eigenvalue weighted by Crippen LogP contribution is -2.36. The van der Waals surface area contributed by atoms with Crippen LogP contribution in [0.25, 0.3) is 0 Å². The molecule has 10 heteroatoms. The third kappa shape index (κ3) is 3.59. The minimum absolute atomic E-state index is 0.247. The molecule has 1 aromatic heterocycles. The smallest absolute Gasteiger partial charge is 0.262 e. The monoisotopic (exact) mass is 494 g/mol. The molecule has 0 fully saturated rings. The SMILES string of the molecule is CSc1n[nH]c(N(C)C)c1C(c1c(Cl)cc(Cl)cc1Cl)N1C(=O)c2ccccc2C1=O. The Morgan fingerprint density at radius 2 is 1.55 bits per heavy atom. The zero-order valence-electron chi connectivity index (χ0n) is 16.7. The molecular formula is C21H17Cl3N4O2S. The molecule has 0 spiro atoms. The number of thioether (sulfide) groups is 1. The summed E-state index contributed by atoms with van der Waals surface area (Å²) in [6, 6.07) is 8.89. The van der Waals surface area contributed by atoms with Crippen LogP contribution in [0.1, 0.15) is 37.9 Å². The zero-order chi connectivity index (χ0) is 22.4. The van der Waals surface area contributed by atoms with E-state index in [9.17, 15) is 9.59 Å². The first-order valence-corrected chi connectivity index (χ1v) is 11.5. The Bertz CT molecular complexity index is 1150. The lowest BCUT2D eigenvalue weighted by molar-refractivity contribution is 0.0607. The summed E-state index contributed by atoms with van der Waals surface area (Å²) in [7, 11) is 3.68. The first-order valence-electron chi connectivity index (χ1n) is 9.17. The van der Waals surface area contributed by atoms with Crippen LogP contribution in [0, 0.1) is 0 Å². The Hall–Kier alpha value is -2.19. The fourth-order valence-corrected chi connectivity index (χ4v) is 5.32. The summed E-state index contributed by atoms with van der Waals surface area (Å²) in [6.07, 6.45) is 1.86. The second-order valence-electron chi connectivity index (χ2n) is 7.10. The highest BCUT2D eigenvalue weighted by Gasteiger charge is 2.44. The standard InChI is InChI=1S/C21H17Cl3N4O2S/c1-27(2)18-16(19(31-3)26-25-18)17(15-13(23)8-10(22)9-14(15)24)28-20(29)11-6-4-5-7-12(11)21(28)30/h4-9,17H,1-3H3,(H,25,26). The Morgan fingerprint density at radius 3 is 2.03 bits per heavy atom. The number of fused-ring (bicyclic) bond motifs is 1.